The molecule has 2 atom stereocenters. The molecule has 140 valence electrons. The number of likely N-dealkylation sites (tertiary alicyclic amines) is 1. The lowest BCUT2D eigenvalue weighted by molar-refractivity contribution is -0.0200. The van der Waals surface area contributed by atoms with Crippen LogP contribution < -0.4 is 4.74 Å². The minimum Gasteiger partial charge on any atom is -0.488 e. The molecule has 1 fully saturated rings. The molecule has 1 saturated heterocycles. The van der Waals surface area contributed by atoms with Crippen LogP contribution in [-0.4, -0.2) is 51.0 Å². The van der Waals surface area contributed by atoms with E-state index < -0.39 is 6.10 Å². The minimum atomic E-state index is -0.722. The number of aryl methyl sites for hydroxylation is 2. The van der Waals surface area contributed by atoms with Crippen LogP contribution in [0.15, 0.2) is 30.3 Å². The zero-order valence-corrected chi connectivity index (χ0v) is 15.8. The summed E-state index contributed by atoms with van der Waals surface area (Å²) in [6, 6.07) is 9.75. The second kappa shape index (κ2) is 7.50. The van der Waals surface area contributed by atoms with Gasteiger partial charge in [-0.25, -0.2) is 0 Å². The Hall–Kier alpha value is -2.34. The fourth-order valence-corrected chi connectivity index (χ4v) is 3.18. The van der Waals surface area contributed by atoms with E-state index in [-0.39, 0.29) is 18.6 Å². The molecular formula is C20H27N3O3. The van der Waals surface area contributed by atoms with E-state index in [1.165, 1.54) is 5.56 Å². The van der Waals surface area contributed by atoms with E-state index in [9.17, 15) is 9.90 Å². The lowest BCUT2D eigenvalue weighted by atomic mass is 10.0. The number of benzene rings is 1. The first-order valence-electron chi connectivity index (χ1n) is 9.09. The largest absolute Gasteiger partial charge is 0.488 e. The maximum absolute atomic E-state index is 12.6. The predicted molar refractivity (Wildman–Crippen MR) is 99.4 cm³/mol. The van der Waals surface area contributed by atoms with Crippen molar-refractivity contribution in [1.29, 1.82) is 0 Å². The van der Waals surface area contributed by atoms with Crippen molar-refractivity contribution in [1.82, 2.24) is 14.7 Å². The highest BCUT2D eigenvalue weighted by molar-refractivity contribution is 5.92. The Labute approximate surface area is 154 Å². The Morgan fingerprint density at radius 1 is 1.35 bits per heavy atom. The molecule has 1 aromatic carbocycles. The van der Waals surface area contributed by atoms with Gasteiger partial charge in [-0.1, -0.05) is 26.0 Å². The molecule has 26 heavy (non-hydrogen) atoms. The second-order valence-corrected chi connectivity index (χ2v) is 7.29. The van der Waals surface area contributed by atoms with Crippen molar-refractivity contribution in [2.75, 3.05) is 13.1 Å². The molecule has 0 spiro atoms. The second-order valence-electron chi connectivity index (χ2n) is 7.29. The number of ether oxygens (including phenoxy) is 1. The molecule has 1 amide bonds. The molecule has 0 radical (unpaired) electrons. The molecule has 0 aliphatic carbocycles. The number of hydrogen-bond donors (Lipinski definition) is 1. The normalized spacial score (nSPS) is 20.5. The molecule has 1 aliphatic rings. The first kappa shape index (κ1) is 18.5. The minimum absolute atomic E-state index is 0.145. The molecule has 2 heterocycles. The number of aromatic nitrogens is 2. The third-order valence-electron chi connectivity index (χ3n) is 4.95. The molecule has 0 bridgehead atoms. The number of aliphatic hydroxyl groups excluding tert-OH is 1. The van der Waals surface area contributed by atoms with E-state index >= 15 is 0 Å². The third-order valence-corrected chi connectivity index (χ3v) is 4.95. The van der Waals surface area contributed by atoms with Gasteiger partial charge in [0.1, 0.15) is 18.0 Å². The zero-order chi connectivity index (χ0) is 18.8. The lowest BCUT2D eigenvalue weighted by Gasteiger charge is -2.35. The number of carbonyl (C=O) groups excluding carboxylic acids is 1. The molecular weight excluding hydrogens is 330 g/mol. The van der Waals surface area contributed by atoms with E-state index in [0.29, 0.717) is 24.6 Å². The Balaban J connectivity index is 1.63. The lowest BCUT2D eigenvalue weighted by Crippen LogP contribution is -2.51. The van der Waals surface area contributed by atoms with Gasteiger partial charge in [0.2, 0.25) is 0 Å². The fourth-order valence-electron chi connectivity index (χ4n) is 3.18. The van der Waals surface area contributed by atoms with Crippen molar-refractivity contribution in [3.63, 3.8) is 0 Å². The van der Waals surface area contributed by atoms with Crippen LogP contribution in [0.4, 0.5) is 0 Å². The van der Waals surface area contributed by atoms with Crippen LogP contribution in [0.2, 0.25) is 0 Å². The van der Waals surface area contributed by atoms with E-state index in [1.54, 1.807) is 15.6 Å². The summed E-state index contributed by atoms with van der Waals surface area (Å²) in [6.07, 6.45) is -0.447. The van der Waals surface area contributed by atoms with Crippen LogP contribution in [-0.2, 0) is 7.05 Å². The highest BCUT2D eigenvalue weighted by Crippen LogP contribution is 2.24. The number of β-amino-alcohol motifs (C(OH)–C–C–N with tert-alkyl or cyclic N) is 1. The van der Waals surface area contributed by atoms with Gasteiger partial charge in [0.15, 0.2) is 5.69 Å². The standard InChI is InChI=1S/C20H27N3O3/c1-13(2)15-6-5-7-16(11-15)26-19-8-9-23(12-18(19)24)20(25)17-10-14(3)22(4)21-17/h5-7,10-11,13,18-19,24H,8-9,12H2,1-4H3/t18-,19-/m1/s1. The van der Waals surface area contributed by atoms with E-state index in [1.807, 2.05) is 32.2 Å². The summed E-state index contributed by atoms with van der Waals surface area (Å²) < 4.78 is 7.69. The number of carbonyl (C=O) groups is 1. The highest BCUT2D eigenvalue weighted by atomic mass is 16.5. The average Bonchev–Trinajstić information content (AvgIpc) is 2.95. The zero-order valence-electron chi connectivity index (χ0n) is 15.8. The molecule has 6 nitrogen and oxygen atoms in total. The summed E-state index contributed by atoms with van der Waals surface area (Å²) in [5.41, 5.74) is 2.55. The van der Waals surface area contributed by atoms with Crippen molar-refractivity contribution in [2.24, 2.45) is 7.05 Å². The van der Waals surface area contributed by atoms with Crippen molar-refractivity contribution < 1.29 is 14.6 Å². The van der Waals surface area contributed by atoms with Gasteiger partial charge in [-0.2, -0.15) is 5.10 Å². The predicted octanol–water partition coefficient (Wildman–Crippen LogP) is 2.51. The fraction of sp³-hybridized carbons (Fsp3) is 0.500. The SMILES string of the molecule is Cc1cc(C(=O)N2CC[C@@H](Oc3cccc(C(C)C)c3)[C@H](O)C2)nn1C. The Morgan fingerprint density at radius 2 is 2.12 bits per heavy atom. The molecule has 1 aromatic heterocycles. The monoisotopic (exact) mass is 357 g/mol. The Bertz CT molecular complexity index is 765. The van der Waals surface area contributed by atoms with Gasteiger partial charge in [-0.3, -0.25) is 9.48 Å². The highest BCUT2D eigenvalue weighted by Gasteiger charge is 2.32. The maximum atomic E-state index is 12.6. The number of piperidine rings is 1. The number of aliphatic hydroxyl groups is 1. The van der Waals surface area contributed by atoms with Gasteiger partial charge in [-0.15, -0.1) is 0 Å². The van der Waals surface area contributed by atoms with E-state index in [0.717, 1.165) is 11.4 Å². The van der Waals surface area contributed by atoms with Gasteiger partial charge in [0.25, 0.3) is 5.91 Å². The van der Waals surface area contributed by atoms with Crippen LogP contribution in [0.5, 0.6) is 5.75 Å². The topological polar surface area (TPSA) is 67.6 Å². The maximum Gasteiger partial charge on any atom is 0.274 e. The molecule has 0 saturated carbocycles. The molecule has 1 aliphatic heterocycles. The Kier molecular flexibility index (Phi) is 5.32. The van der Waals surface area contributed by atoms with Gasteiger partial charge in [0, 0.05) is 25.7 Å². The first-order chi connectivity index (χ1) is 12.3. The molecule has 0 unspecified atom stereocenters. The molecule has 3 rings (SSSR count). The van der Waals surface area contributed by atoms with E-state index in [2.05, 4.69) is 25.0 Å². The van der Waals surface area contributed by atoms with Crippen molar-refractivity contribution >= 4 is 5.91 Å². The summed E-state index contributed by atoms with van der Waals surface area (Å²) in [5, 5.41) is 14.7. The third kappa shape index (κ3) is 3.90. The van der Waals surface area contributed by atoms with Gasteiger partial charge in [0.05, 0.1) is 6.54 Å². The van der Waals surface area contributed by atoms with Gasteiger partial charge < -0.3 is 14.7 Å². The summed E-state index contributed by atoms with van der Waals surface area (Å²) in [4.78, 5) is 14.2. The van der Waals surface area contributed by atoms with Crippen molar-refractivity contribution in [3.8, 4) is 5.75 Å². The smallest absolute Gasteiger partial charge is 0.274 e. The quantitative estimate of drug-likeness (QED) is 0.913. The van der Waals surface area contributed by atoms with E-state index in [4.69, 9.17) is 4.74 Å². The summed E-state index contributed by atoms with van der Waals surface area (Å²) >= 11 is 0. The molecule has 6 heteroatoms. The Morgan fingerprint density at radius 3 is 2.73 bits per heavy atom. The van der Waals surface area contributed by atoms with Crippen LogP contribution in [0.3, 0.4) is 0 Å². The van der Waals surface area contributed by atoms with Gasteiger partial charge in [-0.05, 0) is 36.6 Å². The average molecular weight is 357 g/mol. The summed E-state index contributed by atoms with van der Waals surface area (Å²) in [7, 11) is 1.81. The summed E-state index contributed by atoms with van der Waals surface area (Å²) in [5.74, 6) is 1.04. The van der Waals surface area contributed by atoms with Crippen LogP contribution in [0.1, 0.15) is 47.9 Å². The number of hydrogen-bond acceptors (Lipinski definition) is 4. The summed E-state index contributed by atoms with van der Waals surface area (Å²) in [6.45, 7) is 6.97. The van der Waals surface area contributed by atoms with Crippen LogP contribution in [0, 0.1) is 6.92 Å². The van der Waals surface area contributed by atoms with Crippen molar-refractivity contribution in [2.45, 2.75) is 45.3 Å². The molecule has 1 N–H and O–H groups in total. The number of rotatable bonds is 4. The molecule has 2 aromatic rings. The first-order valence-corrected chi connectivity index (χ1v) is 9.09. The van der Waals surface area contributed by atoms with Crippen molar-refractivity contribution in [3.05, 3.63) is 47.3 Å². The van der Waals surface area contributed by atoms with Gasteiger partial charge >= 0.3 is 0 Å². The number of amides is 1. The number of nitrogens with zero attached hydrogens (tertiary/aromatic N) is 3. The van der Waals surface area contributed by atoms with Crippen LogP contribution in [0.25, 0.3) is 0 Å². The van der Waals surface area contributed by atoms with Crippen LogP contribution >= 0.6 is 0 Å².